The molecule has 0 spiro atoms. The van der Waals surface area contributed by atoms with E-state index in [1.54, 1.807) is 12.1 Å². The number of hydrogen-bond donors (Lipinski definition) is 3. The van der Waals surface area contributed by atoms with Crippen molar-refractivity contribution in [1.29, 1.82) is 0 Å². The monoisotopic (exact) mass is 403 g/mol. The zero-order valence-corrected chi connectivity index (χ0v) is 15.8. The summed E-state index contributed by atoms with van der Waals surface area (Å²) >= 11 is 0. The molecule has 2 amide bonds. The second-order valence-corrected chi connectivity index (χ2v) is 7.34. The Bertz CT molecular complexity index is 883. The van der Waals surface area contributed by atoms with Gasteiger partial charge in [0.25, 0.3) is 5.91 Å². The first-order valence-corrected chi connectivity index (χ1v) is 9.59. The van der Waals surface area contributed by atoms with E-state index in [9.17, 15) is 18.4 Å². The van der Waals surface area contributed by atoms with Gasteiger partial charge in [-0.3, -0.25) is 9.78 Å². The standard InChI is InChI=1S/C21H23F2N3O3/c22-17-6-5-15(9-18(17)23)19-10-16(7-8-24-19)20(27)25-11-13-1-3-14(4-2-13)12-26-21(28)29/h5-10,13-14,26H,1-4,11-12H2,(H,25,27)(H,28,29)/t13-,14-. The minimum absolute atomic E-state index is 0.245. The first-order valence-electron chi connectivity index (χ1n) is 9.59. The van der Waals surface area contributed by atoms with E-state index in [-0.39, 0.29) is 5.91 Å². The summed E-state index contributed by atoms with van der Waals surface area (Å²) < 4.78 is 26.6. The molecule has 1 saturated carbocycles. The molecule has 0 atom stereocenters. The molecule has 1 aliphatic rings. The zero-order chi connectivity index (χ0) is 20.8. The fourth-order valence-corrected chi connectivity index (χ4v) is 3.60. The smallest absolute Gasteiger partial charge is 0.404 e. The van der Waals surface area contributed by atoms with Crippen molar-refractivity contribution in [1.82, 2.24) is 15.6 Å². The molecule has 0 saturated heterocycles. The van der Waals surface area contributed by atoms with Gasteiger partial charge in [-0.25, -0.2) is 13.6 Å². The van der Waals surface area contributed by atoms with Gasteiger partial charge >= 0.3 is 6.09 Å². The van der Waals surface area contributed by atoms with Crippen molar-refractivity contribution in [2.45, 2.75) is 25.7 Å². The van der Waals surface area contributed by atoms with Crippen LogP contribution in [0.2, 0.25) is 0 Å². The van der Waals surface area contributed by atoms with Gasteiger partial charge in [-0.1, -0.05) is 0 Å². The predicted molar refractivity (Wildman–Crippen MR) is 103 cm³/mol. The number of carbonyl (C=O) groups is 2. The molecule has 1 heterocycles. The third-order valence-electron chi connectivity index (χ3n) is 5.30. The van der Waals surface area contributed by atoms with Crippen molar-refractivity contribution >= 4 is 12.0 Å². The van der Waals surface area contributed by atoms with Crippen LogP contribution in [0.5, 0.6) is 0 Å². The van der Waals surface area contributed by atoms with Crippen LogP contribution in [0.25, 0.3) is 11.3 Å². The van der Waals surface area contributed by atoms with E-state index in [1.807, 2.05) is 0 Å². The van der Waals surface area contributed by atoms with E-state index < -0.39 is 17.7 Å². The maximum Gasteiger partial charge on any atom is 0.404 e. The summed E-state index contributed by atoms with van der Waals surface area (Å²) in [5.74, 6) is -1.44. The minimum atomic E-state index is -1.00. The molecular formula is C21H23F2N3O3. The topological polar surface area (TPSA) is 91.3 Å². The number of pyridine rings is 1. The summed E-state index contributed by atoms with van der Waals surface area (Å²) in [6.45, 7) is 1.01. The fourth-order valence-electron chi connectivity index (χ4n) is 3.60. The van der Waals surface area contributed by atoms with Gasteiger partial charge in [-0.05, 0) is 67.9 Å². The number of carbonyl (C=O) groups excluding carboxylic acids is 1. The Labute approximate surface area is 167 Å². The van der Waals surface area contributed by atoms with E-state index in [1.165, 1.54) is 12.3 Å². The van der Waals surface area contributed by atoms with Crippen LogP contribution in [-0.4, -0.2) is 35.2 Å². The van der Waals surface area contributed by atoms with E-state index >= 15 is 0 Å². The molecule has 0 bridgehead atoms. The Morgan fingerprint density at radius 2 is 1.62 bits per heavy atom. The van der Waals surface area contributed by atoms with Gasteiger partial charge < -0.3 is 15.7 Å². The number of aromatic nitrogens is 1. The first-order chi connectivity index (χ1) is 13.9. The second-order valence-electron chi connectivity index (χ2n) is 7.34. The quantitative estimate of drug-likeness (QED) is 0.684. The molecule has 6 nitrogen and oxygen atoms in total. The molecule has 3 rings (SSSR count). The molecule has 1 fully saturated rings. The van der Waals surface area contributed by atoms with Crippen molar-refractivity contribution in [3.63, 3.8) is 0 Å². The van der Waals surface area contributed by atoms with Gasteiger partial charge in [-0.2, -0.15) is 0 Å². The van der Waals surface area contributed by atoms with Crippen molar-refractivity contribution in [2.24, 2.45) is 11.8 Å². The lowest BCUT2D eigenvalue weighted by atomic mass is 9.82. The molecular weight excluding hydrogens is 380 g/mol. The zero-order valence-electron chi connectivity index (χ0n) is 15.8. The SMILES string of the molecule is O=C(O)NC[C@H]1CC[C@H](CNC(=O)c2ccnc(-c3ccc(F)c(F)c3)c2)CC1. The molecule has 1 aromatic heterocycles. The average Bonchev–Trinajstić information content (AvgIpc) is 2.73. The van der Waals surface area contributed by atoms with Gasteiger partial charge in [0, 0.05) is 30.4 Å². The summed E-state index contributed by atoms with van der Waals surface area (Å²) in [4.78, 5) is 27.2. The van der Waals surface area contributed by atoms with Gasteiger partial charge in [0.05, 0.1) is 5.69 Å². The summed E-state index contributed by atoms with van der Waals surface area (Å²) in [6, 6.07) is 6.63. The van der Waals surface area contributed by atoms with Crippen molar-refractivity contribution in [3.05, 3.63) is 53.7 Å². The number of amides is 2. The highest BCUT2D eigenvalue weighted by Gasteiger charge is 2.22. The maximum absolute atomic E-state index is 13.5. The number of benzene rings is 1. The highest BCUT2D eigenvalue weighted by Crippen LogP contribution is 2.28. The molecule has 0 unspecified atom stereocenters. The Balaban J connectivity index is 1.52. The summed E-state index contributed by atoms with van der Waals surface area (Å²) in [7, 11) is 0. The van der Waals surface area contributed by atoms with Crippen LogP contribution < -0.4 is 10.6 Å². The van der Waals surface area contributed by atoms with Gasteiger partial charge in [0.2, 0.25) is 0 Å². The van der Waals surface area contributed by atoms with E-state index in [4.69, 9.17) is 5.11 Å². The number of rotatable bonds is 6. The van der Waals surface area contributed by atoms with Crippen LogP contribution in [0.1, 0.15) is 36.0 Å². The van der Waals surface area contributed by atoms with Crippen molar-refractivity contribution in [2.75, 3.05) is 13.1 Å². The number of nitrogens with zero attached hydrogens (tertiary/aromatic N) is 1. The molecule has 3 N–H and O–H groups in total. The molecule has 0 aliphatic heterocycles. The van der Waals surface area contributed by atoms with Gasteiger partial charge in [-0.15, -0.1) is 0 Å². The van der Waals surface area contributed by atoms with Crippen molar-refractivity contribution < 1.29 is 23.5 Å². The average molecular weight is 403 g/mol. The van der Waals surface area contributed by atoms with Crippen molar-refractivity contribution in [3.8, 4) is 11.3 Å². The Kier molecular flexibility index (Phi) is 6.74. The Morgan fingerprint density at radius 3 is 2.24 bits per heavy atom. The maximum atomic E-state index is 13.5. The van der Waals surface area contributed by atoms with Crippen LogP contribution in [-0.2, 0) is 0 Å². The molecule has 8 heteroatoms. The van der Waals surface area contributed by atoms with Crippen LogP contribution in [0.15, 0.2) is 36.5 Å². The predicted octanol–water partition coefficient (Wildman–Crippen LogP) is 3.83. The van der Waals surface area contributed by atoms with Gasteiger partial charge in [0.15, 0.2) is 11.6 Å². The molecule has 0 radical (unpaired) electrons. The summed E-state index contributed by atoms with van der Waals surface area (Å²) in [6.07, 6.45) is 4.18. The van der Waals surface area contributed by atoms with Crippen LogP contribution in [0, 0.1) is 23.5 Å². The number of nitrogens with one attached hydrogen (secondary N) is 2. The van der Waals surface area contributed by atoms with Crippen LogP contribution >= 0.6 is 0 Å². The number of hydrogen-bond acceptors (Lipinski definition) is 3. The Hall–Kier alpha value is -3.03. The molecule has 29 heavy (non-hydrogen) atoms. The highest BCUT2D eigenvalue weighted by atomic mass is 19.2. The number of carboxylic acid groups (broad SMARTS) is 1. The normalized spacial score (nSPS) is 18.8. The molecule has 1 aliphatic carbocycles. The highest BCUT2D eigenvalue weighted by molar-refractivity contribution is 5.95. The van der Waals surface area contributed by atoms with Gasteiger partial charge in [0.1, 0.15) is 0 Å². The summed E-state index contributed by atoms with van der Waals surface area (Å²) in [5, 5.41) is 14.0. The third kappa shape index (κ3) is 5.73. The molecule has 154 valence electrons. The summed E-state index contributed by atoms with van der Waals surface area (Å²) in [5.41, 5.74) is 1.19. The van der Waals surface area contributed by atoms with E-state index in [0.717, 1.165) is 37.8 Å². The lowest BCUT2D eigenvalue weighted by molar-refractivity contribution is 0.0940. The first kappa shape index (κ1) is 20.7. The van der Waals surface area contributed by atoms with E-state index in [0.29, 0.717) is 41.7 Å². The second kappa shape index (κ2) is 9.45. The van der Waals surface area contributed by atoms with Crippen LogP contribution in [0.4, 0.5) is 13.6 Å². The van der Waals surface area contributed by atoms with Crippen LogP contribution in [0.3, 0.4) is 0 Å². The molecule has 1 aromatic carbocycles. The third-order valence-corrected chi connectivity index (χ3v) is 5.30. The lowest BCUT2D eigenvalue weighted by Crippen LogP contribution is -2.34. The lowest BCUT2D eigenvalue weighted by Gasteiger charge is -2.28. The number of halogens is 2. The van der Waals surface area contributed by atoms with E-state index in [2.05, 4.69) is 15.6 Å². The fraction of sp³-hybridized carbons (Fsp3) is 0.381. The minimum Gasteiger partial charge on any atom is -0.465 e. The molecule has 2 aromatic rings. The largest absolute Gasteiger partial charge is 0.465 e. The Morgan fingerprint density at radius 1 is 0.966 bits per heavy atom.